The van der Waals surface area contributed by atoms with Gasteiger partial charge in [-0.3, -0.25) is 15.1 Å². The normalized spacial score (nSPS) is 11.3. The standard InChI is InChI=1S/C10H14BrN3O3/c1-10(2,6-17-3)13-9-7(11)4-12-5-8(9)14(15)16/h4-5H,6H2,1-3H3,(H,12,13). The van der Waals surface area contributed by atoms with E-state index in [0.717, 1.165) is 0 Å². The van der Waals surface area contributed by atoms with E-state index in [1.807, 2.05) is 13.8 Å². The molecule has 0 aliphatic rings. The lowest BCUT2D eigenvalue weighted by molar-refractivity contribution is -0.384. The Morgan fingerprint density at radius 2 is 2.24 bits per heavy atom. The maximum atomic E-state index is 10.9. The number of nitrogens with zero attached hydrogens (tertiary/aromatic N) is 2. The monoisotopic (exact) mass is 303 g/mol. The molecule has 1 rings (SSSR count). The second kappa shape index (κ2) is 5.42. The molecule has 0 unspecified atom stereocenters. The Kier molecular flexibility index (Phi) is 4.41. The van der Waals surface area contributed by atoms with Crippen LogP contribution in [0.2, 0.25) is 0 Å². The smallest absolute Gasteiger partial charge is 0.311 e. The van der Waals surface area contributed by atoms with E-state index in [4.69, 9.17) is 4.74 Å². The van der Waals surface area contributed by atoms with Crippen LogP contribution < -0.4 is 5.32 Å². The minimum Gasteiger partial charge on any atom is -0.382 e. The highest BCUT2D eigenvalue weighted by Crippen LogP contribution is 2.33. The van der Waals surface area contributed by atoms with Crippen molar-refractivity contribution in [2.75, 3.05) is 19.0 Å². The Balaban J connectivity index is 3.08. The third kappa shape index (κ3) is 3.64. The maximum Gasteiger partial charge on any atom is 0.311 e. The molecule has 0 saturated carbocycles. The second-order valence-corrected chi connectivity index (χ2v) is 5.07. The molecule has 0 bridgehead atoms. The number of hydrogen-bond donors (Lipinski definition) is 1. The van der Waals surface area contributed by atoms with E-state index in [-0.39, 0.29) is 5.69 Å². The zero-order valence-corrected chi connectivity index (χ0v) is 11.4. The molecule has 7 heteroatoms. The van der Waals surface area contributed by atoms with Gasteiger partial charge in [0, 0.05) is 13.3 Å². The molecule has 17 heavy (non-hydrogen) atoms. The minimum absolute atomic E-state index is 0.0662. The average molecular weight is 304 g/mol. The number of ether oxygens (including phenoxy) is 1. The Hall–Kier alpha value is -1.21. The van der Waals surface area contributed by atoms with Gasteiger partial charge in [-0.15, -0.1) is 0 Å². The zero-order valence-electron chi connectivity index (χ0n) is 9.86. The van der Waals surface area contributed by atoms with Crippen LogP contribution in [-0.4, -0.2) is 29.2 Å². The molecular weight excluding hydrogens is 290 g/mol. The first-order valence-electron chi connectivity index (χ1n) is 4.92. The second-order valence-electron chi connectivity index (χ2n) is 4.21. The molecule has 0 radical (unpaired) electrons. The van der Waals surface area contributed by atoms with Crippen molar-refractivity contribution in [1.82, 2.24) is 4.98 Å². The van der Waals surface area contributed by atoms with Crippen LogP contribution in [-0.2, 0) is 4.74 Å². The molecule has 1 heterocycles. The third-order valence-electron chi connectivity index (χ3n) is 2.04. The first kappa shape index (κ1) is 13.9. The molecule has 6 nitrogen and oxygen atoms in total. The Morgan fingerprint density at radius 3 is 2.76 bits per heavy atom. The number of pyridine rings is 1. The topological polar surface area (TPSA) is 77.3 Å². The summed E-state index contributed by atoms with van der Waals surface area (Å²) in [5.74, 6) is 0. The van der Waals surface area contributed by atoms with Gasteiger partial charge in [0.05, 0.1) is 21.5 Å². The summed E-state index contributed by atoms with van der Waals surface area (Å²) in [6.45, 7) is 4.22. The molecule has 0 amide bonds. The number of nitrogens with one attached hydrogen (secondary N) is 1. The van der Waals surface area contributed by atoms with E-state index in [1.54, 1.807) is 7.11 Å². The molecule has 1 N–H and O–H groups in total. The van der Waals surface area contributed by atoms with Gasteiger partial charge in [0.1, 0.15) is 11.9 Å². The lowest BCUT2D eigenvalue weighted by atomic mass is 10.1. The molecule has 94 valence electrons. The number of nitro groups is 1. The van der Waals surface area contributed by atoms with Gasteiger partial charge in [-0.25, -0.2) is 0 Å². The Labute approximate surface area is 108 Å². The zero-order chi connectivity index (χ0) is 13.1. The van der Waals surface area contributed by atoms with Gasteiger partial charge < -0.3 is 10.1 Å². The van der Waals surface area contributed by atoms with E-state index in [9.17, 15) is 10.1 Å². The van der Waals surface area contributed by atoms with Crippen LogP contribution in [0.15, 0.2) is 16.9 Å². The SMILES string of the molecule is COCC(C)(C)Nc1c(Br)cncc1[N+](=O)[O-]. The van der Waals surface area contributed by atoms with Crippen LogP contribution in [0.3, 0.4) is 0 Å². The molecule has 1 aromatic rings. The van der Waals surface area contributed by atoms with Crippen LogP contribution in [0.1, 0.15) is 13.8 Å². The van der Waals surface area contributed by atoms with E-state index >= 15 is 0 Å². The lowest BCUT2D eigenvalue weighted by Crippen LogP contribution is -2.36. The number of methoxy groups -OCH3 is 1. The first-order valence-corrected chi connectivity index (χ1v) is 5.71. The van der Waals surface area contributed by atoms with E-state index < -0.39 is 10.5 Å². The van der Waals surface area contributed by atoms with Crippen LogP contribution >= 0.6 is 15.9 Å². The van der Waals surface area contributed by atoms with Crippen molar-refractivity contribution in [3.8, 4) is 0 Å². The highest BCUT2D eigenvalue weighted by atomic mass is 79.9. The summed E-state index contributed by atoms with van der Waals surface area (Å²) in [5, 5.41) is 14.0. The van der Waals surface area contributed by atoms with E-state index in [1.165, 1.54) is 12.4 Å². The summed E-state index contributed by atoms with van der Waals surface area (Å²) < 4.78 is 5.61. The highest BCUT2D eigenvalue weighted by molar-refractivity contribution is 9.10. The number of anilines is 1. The Morgan fingerprint density at radius 1 is 1.59 bits per heavy atom. The fourth-order valence-corrected chi connectivity index (χ4v) is 1.84. The fourth-order valence-electron chi connectivity index (χ4n) is 1.42. The summed E-state index contributed by atoms with van der Waals surface area (Å²) in [7, 11) is 1.58. The van der Waals surface area contributed by atoms with Gasteiger partial charge in [-0.1, -0.05) is 0 Å². The van der Waals surface area contributed by atoms with Crippen molar-refractivity contribution in [2.45, 2.75) is 19.4 Å². The molecular formula is C10H14BrN3O3. The van der Waals surface area contributed by atoms with Crippen LogP contribution in [0, 0.1) is 10.1 Å². The van der Waals surface area contributed by atoms with E-state index in [0.29, 0.717) is 16.8 Å². The van der Waals surface area contributed by atoms with Crippen molar-refractivity contribution in [3.05, 3.63) is 27.0 Å². The highest BCUT2D eigenvalue weighted by Gasteiger charge is 2.24. The summed E-state index contributed by atoms with van der Waals surface area (Å²) in [6, 6.07) is 0. The first-order chi connectivity index (χ1) is 7.87. The van der Waals surface area contributed by atoms with Gasteiger partial charge in [0.2, 0.25) is 0 Å². The molecule has 0 atom stereocenters. The van der Waals surface area contributed by atoms with Gasteiger partial charge in [0.15, 0.2) is 0 Å². The molecule has 0 saturated heterocycles. The van der Waals surface area contributed by atoms with Crippen molar-refractivity contribution < 1.29 is 9.66 Å². The van der Waals surface area contributed by atoms with Gasteiger partial charge >= 0.3 is 5.69 Å². The van der Waals surface area contributed by atoms with Gasteiger partial charge in [-0.05, 0) is 29.8 Å². The molecule has 0 fully saturated rings. The average Bonchev–Trinajstić information content (AvgIpc) is 2.20. The third-order valence-corrected chi connectivity index (χ3v) is 2.65. The molecule has 0 aliphatic carbocycles. The number of hydrogen-bond acceptors (Lipinski definition) is 5. The predicted octanol–water partition coefficient (Wildman–Crippen LogP) is 2.59. The quantitative estimate of drug-likeness (QED) is 0.668. The molecule has 0 aromatic carbocycles. The predicted molar refractivity (Wildman–Crippen MR) is 68.2 cm³/mol. The lowest BCUT2D eigenvalue weighted by Gasteiger charge is -2.26. The van der Waals surface area contributed by atoms with E-state index in [2.05, 4.69) is 26.2 Å². The number of rotatable bonds is 5. The maximum absolute atomic E-state index is 10.9. The van der Waals surface area contributed by atoms with Crippen LogP contribution in [0.5, 0.6) is 0 Å². The molecule has 0 aliphatic heterocycles. The summed E-state index contributed by atoms with van der Waals surface area (Å²) >= 11 is 3.25. The van der Waals surface area contributed by atoms with Gasteiger partial charge in [-0.2, -0.15) is 0 Å². The largest absolute Gasteiger partial charge is 0.382 e. The van der Waals surface area contributed by atoms with Crippen LogP contribution in [0.25, 0.3) is 0 Å². The number of halogens is 1. The number of aromatic nitrogens is 1. The van der Waals surface area contributed by atoms with Crippen molar-refractivity contribution in [3.63, 3.8) is 0 Å². The molecule has 1 aromatic heterocycles. The van der Waals surface area contributed by atoms with Gasteiger partial charge in [0.25, 0.3) is 0 Å². The summed E-state index contributed by atoms with van der Waals surface area (Å²) in [4.78, 5) is 14.2. The molecule has 0 spiro atoms. The Bertz CT molecular complexity index is 423. The van der Waals surface area contributed by atoms with Crippen molar-refractivity contribution in [1.29, 1.82) is 0 Å². The minimum atomic E-state index is -0.469. The van der Waals surface area contributed by atoms with Crippen LogP contribution in [0.4, 0.5) is 11.4 Å². The fraction of sp³-hybridized carbons (Fsp3) is 0.500. The summed E-state index contributed by atoms with van der Waals surface area (Å²) in [6.07, 6.45) is 2.73. The van der Waals surface area contributed by atoms with Crippen molar-refractivity contribution >= 4 is 27.3 Å². The van der Waals surface area contributed by atoms with Crippen molar-refractivity contribution in [2.24, 2.45) is 0 Å². The summed E-state index contributed by atoms with van der Waals surface area (Å²) in [5.41, 5.74) is -0.0702.